The van der Waals surface area contributed by atoms with Gasteiger partial charge in [-0.1, -0.05) is 37.3 Å². The van der Waals surface area contributed by atoms with Crippen LogP contribution in [-0.2, 0) is 12.6 Å². The summed E-state index contributed by atoms with van der Waals surface area (Å²) in [5, 5.41) is 2.83. The van der Waals surface area contributed by atoms with Gasteiger partial charge in [-0.15, -0.1) is 0 Å². The van der Waals surface area contributed by atoms with Crippen molar-refractivity contribution in [2.75, 3.05) is 5.32 Å². The topological polar surface area (TPSA) is 42.2 Å². The van der Waals surface area contributed by atoms with Gasteiger partial charge in [-0.2, -0.15) is 13.2 Å². The SMILES string of the molecule is CCc1cccc(C)c1NC(=O)c1ccc(-c2cccc(C(F)(F)F)c2)o1. The molecule has 0 bridgehead atoms. The monoisotopic (exact) mass is 373 g/mol. The van der Waals surface area contributed by atoms with E-state index < -0.39 is 17.6 Å². The lowest BCUT2D eigenvalue weighted by molar-refractivity contribution is -0.137. The van der Waals surface area contributed by atoms with E-state index in [2.05, 4.69) is 5.32 Å². The number of carbonyl (C=O) groups excluding carboxylic acids is 1. The van der Waals surface area contributed by atoms with Gasteiger partial charge in [0, 0.05) is 11.3 Å². The van der Waals surface area contributed by atoms with Crippen molar-refractivity contribution >= 4 is 11.6 Å². The van der Waals surface area contributed by atoms with Gasteiger partial charge in [0.25, 0.3) is 5.91 Å². The van der Waals surface area contributed by atoms with E-state index in [0.29, 0.717) is 0 Å². The number of hydrogen-bond donors (Lipinski definition) is 1. The first-order chi connectivity index (χ1) is 12.8. The van der Waals surface area contributed by atoms with Crippen LogP contribution in [0.3, 0.4) is 0 Å². The van der Waals surface area contributed by atoms with Crippen LogP contribution in [0.5, 0.6) is 0 Å². The molecule has 0 aliphatic carbocycles. The summed E-state index contributed by atoms with van der Waals surface area (Å²) in [7, 11) is 0. The lowest BCUT2D eigenvalue weighted by atomic mass is 10.1. The van der Waals surface area contributed by atoms with Crippen LogP contribution in [0.4, 0.5) is 18.9 Å². The second-order valence-corrected chi connectivity index (χ2v) is 6.16. The number of hydrogen-bond acceptors (Lipinski definition) is 2. The van der Waals surface area contributed by atoms with Crippen molar-refractivity contribution in [3.05, 3.63) is 77.0 Å². The molecule has 1 amide bonds. The Kier molecular flexibility index (Phi) is 5.08. The van der Waals surface area contributed by atoms with Crippen molar-refractivity contribution in [1.82, 2.24) is 0 Å². The van der Waals surface area contributed by atoms with Crippen molar-refractivity contribution in [1.29, 1.82) is 0 Å². The number of aryl methyl sites for hydroxylation is 2. The van der Waals surface area contributed by atoms with E-state index in [4.69, 9.17) is 4.42 Å². The highest BCUT2D eigenvalue weighted by Crippen LogP contribution is 2.33. The molecule has 0 radical (unpaired) electrons. The highest BCUT2D eigenvalue weighted by Gasteiger charge is 2.30. The van der Waals surface area contributed by atoms with Crippen LogP contribution in [0.2, 0.25) is 0 Å². The summed E-state index contributed by atoms with van der Waals surface area (Å²) in [4.78, 5) is 12.5. The van der Waals surface area contributed by atoms with Crippen LogP contribution in [0.15, 0.2) is 59.0 Å². The van der Waals surface area contributed by atoms with Crippen LogP contribution >= 0.6 is 0 Å². The standard InChI is InChI=1S/C21H18F3NO2/c1-3-14-7-4-6-13(2)19(14)25-20(26)18-11-10-17(27-18)15-8-5-9-16(12-15)21(22,23)24/h4-12H,3H2,1-2H3,(H,25,26). The molecule has 0 atom stereocenters. The Bertz CT molecular complexity index is 974. The largest absolute Gasteiger partial charge is 0.451 e. The van der Waals surface area contributed by atoms with E-state index in [-0.39, 0.29) is 17.1 Å². The average Bonchev–Trinajstić information content (AvgIpc) is 3.13. The number of nitrogens with one attached hydrogen (secondary N) is 1. The zero-order valence-electron chi connectivity index (χ0n) is 14.9. The number of benzene rings is 2. The van der Waals surface area contributed by atoms with Crippen LogP contribution in [0, 0.1) is 6.92 Å². The lowest BCUT2D eigenvalue weighted by Gasteiger charge is -2.12. The molecule has 0 saturated carbocycles. The van der Waals surface area contributed by atoms with Gasteiger partial charge in [-0.25, -0.2) is 0 Å². The molecule has 1 aromatic heterocycles. The molecule has 6 heteroatoms. The Hall–Kier alpha value is -3.02. The van der Waals surface area contributed by atoms with Crippen molar-refractivity contribution in [2.45, 2.75) is 26.4 Å². The molecule has 0 fully saturated rings. The van der Waals surface area contributed by atoms with Crippen molar-refractivity contribution < 1.29 is 22.4 Å². The summed E-state index contributed by atoms with van der Waals surface area (Å²) in [6.45, 7) is 3.88. The van der Waals surface area contributed by atoms with Crippen LogP contribution in [-0.4, -0.2) is 5.91 Å². The van der Waals surface area contributed by atoms with Gasteiger partial charge >= 0.3 is 6.18 Å². The van der Waals surface area contributed by atoms with Crippen LogP contribution in [0.25, 0.3) is 11.3 Å². The molecule has 0 unspecified atom stereocenters. The van der Waals surface area contributed by atoms with Crippen LogP contribution < -0.4 is 5.32 Å². The molecule has 140 valence electrons. The molecule has 0 saturated heterocycles. The first-order valence-corrected chi connectivity index (χ1v) is 8.47. The average molecular weight is 373 g/mol. The summed E-state index contributed by atoms with van der Waals surface area (Å²) < 4.78 is 44.1. The van der Waals surface area contributed by atoms with Gasteiger partial charge in [0.15, 0.2) is 5.76 Å². The molecular weight excluding hydrogens is 355 g/mol. The van der Waals surface area contributed by atoms with Gasteiger partial charge in [0.2, 0.25) is 0 Å². The minimum absolute atomic E-state index is 0.0349. The van der Waals surface area contributed by atoms with Crippen molar-refractivity contribution in [3.63, 3.8) is 0 Å². The third-order valence-corrected chi connectivity index (χ3v) is 4.28. The molecule has 27 heavy (non-hydrogen) atoms. The van der Waals surface area contributed by atoms with Gasteiger partial charge in [-0.3, -0.25) is 4.79 Å². The maximum absolute atomic E-state index is 12.9. The zero-order valence-corrected chi connectivity index (χ0v) is 14.9. The number of para-hydroxylation sites is 1. The lowest BCUT2D eigenvalue weighted by Crippen LogP contribution is -2.13. The summed E-state index contributed by atoms with van der Waals surface area (Å²) in [5.74, 6) is -0.211. The summed E-state index contributed by atoms with van der Waals surface area (Å²) in [5.41, 5.74) is 2.13. The van der Waals surface area contributed by atoms with E-state index in [9.17, 15) is 18.0 Å². The van der Waals surface area contributed by atoms with E-state index >= 15 is 0 Å². The number of furan rings is 1. The first-order valence-electron chi connectivity index (χ1n) is 8.47. The van der Waals surface area contributed by atoms with Gasteiger partial charge in [-0.05, 0) is 48.7 Å². The van der Waals surface area contributed by atoms with Gasteiger partial charge < -0.3 is 9.73 Å². The highest BCUT2D eigenvalue weighted by atomic mass is 19.4. The maximum atomic E-state index is 12.9. The Morgan fingerprint density at radius 2 is 1.81 bits per heavy atom. The summed E-state index contributed by atoms with van der Waals surface area (Å²) in [6.07, 6.45) is -3.69. The second-order valence-electron chi connectivity index (χ2n) is 6.16. The third kappa shape index (κ3) is 4.05. The number of carbonyl (C=O) groups is 1. The molecule has 0 aliphatic heterocycles. The molecule has 3 nitrogen and oxygen atoms in total. The maximum Gasteiger partial charge on any atom is 0.416 e. The number of amides is 1. The molecule has 3 aromatic rings. The molecule has 0 spiro atoms. The van der Waals surface area contributed by atoms with Crippen LogP contribution in [0.1, 0.15) is 34.2 Å². The number of rotatable bonds is 4. The van der Waals surface area contributed by atoms with E-state index in [1.165, 1.54) is 24.3 Å². The number of halogens is 3. The van der Waals surface area contributed by atoms with Crippen molar-refractivity contribution in [2.24, 2.45) is 0 Å². The fraction of sp³-hybridized carbons (Fsp3) is 0.190. The predicted molar refractivity (Wildman–Crippen MR) is 97.7 cm³/mol. The Labute approximate surface area is 154 Å². The minimum atomic E-state index is -4.44. The quantitative estimate of drug-likeness (QED) is 0.601. The van der Waals surface area contributed by atoms with E-state index in [1.54, 1.807) is 0 Å². The Morgan fingerprint density at radius 1 is 1.07 bits per heavy atom. The predicted octanol–water partition coefficient (Wildman–Crippen LogP) is 6.09. The fourth-order valence-corrected chi connectivity index (χ4v) is 2.84. The molecule has 3 rings (SSSR count). The second kappa shape index (κ2) is 7.31. The zero-order chi connectivity index (χ0) is 19.6. The van der Waals surface area contributed by atoms with E-state index in [0.717, 1.165) is 35.4 Å². The van der Waals surface area contributed by atoms with Crippen molar-refractivity contribution in [3.8, 4) is 11.3 Å². The smallest absolute Gasteiger partial charge is 0.416 e. The molecular formula is C21H18F3NO2. The number of anilines is 1. The molecule has 1 N–H and O–H groups in total. The highest BCUT2D eigenvalue weighted by molar-refractivity contribution is 6.03. The summed E-state index contributed by atoms with van der Waals surface area (Å²) >= 11 is 0. The number of alkyl halides is 3. The van der Waals surface area contributed by atoms with E-state index in [1.807, 2.05) is 32.0 Å². The third-order valence-electron chi connectivity index (χ3n) is 4.28. The normalized spacial score (nSPS) is 11.4. The first kappa shape index (κ1) is 18.8. The summed E-state index contributed by atoms with van der Waals surface area (Å²) in [6, 6.07) is 13.5. The Balaban J connectivity index is 1.85. The minimum Gasteiger partial charge on any atom is -0.451 e. The Morgan fingerprint density at radius 3 is 2.52 bits per heavy atom. The van der Waals surface area contributed by atoms with Gasteiger partial charge in [0.1, 0.15) is 5.76 Å². The van der Waals surface area contributed by atoms with Gasteiger partial charge in [0.05, 0.1) is 5.56 Å². The molecule has 1 heterocycles. The fourth-order valence-electron chi connectivity index (χ4n) is 2.84. The molecule has 2 aromatic carbocycles. The molecule has 0 aliphatic rings.